The topological polar surface area (TPSA) is 104 Å². The Morgan fingerprint density at radius 1 is 1.44 bits per heavy atom. The number of amides is 1. The van der Waals surface area contributed by atoms with E-state index in [1.54, 1.807) is 12.3 Å². The van der Waals surface area contributed by atoms with Crippen molar-refractivity contribution in [3.05, 3.63) is 28.3 Å². The van der Waals surface area contributed by atoms with Crippen LogP contribution in [0.2, 0.25) is 0 Å². The first-order chi connectivity index (χ1) is 11.7. The lowest BCUT2D eigenvalue weighted by Crippen LogP contribution is -2.42. The maximum absolute atomic E-state index is 12.3. The summed E-state index contributed by atoms with van der Waals surface area (Å²) in [6.07, 6.45) is 1.87. The fourth-order valence-corrected chi connectivity index (χ4v) is 2.77. The number of ether oxygens (including phenoxy) is 1. The predicted molar refractivity (Wildman–Crippen MR) is 95.8 cm³/mol. The van der Waals surface area contributed by atoms with E-state index in [1.807, 2.05) is 33.1 Å². The highest BCUT2D eigenvalue weighted by molar-refractivity contribution is 7.09. The number of nitrogens with one attached hydrogen (secondary N) is 2. The Bertz CT molecular complexity index is 745. The van der Waals surface area contributed by atoms with Crippen LogP contribution in [0.15, 0.2) is 17.6 Å². The summed E-state index contributed by atoms with van der Waals surface area (Å²) in [5.41, 5.74) is 1.51. The predicted octanol–water partition coefficient (Wildman–Crippen LogP) is 2.83. The highest BCUT2D eigenvalue weighted by Gasteiger charge is 2.22. The monoisotopic (exact) mass is 365 g/mol. The lowest BCUT2D eigenvalue weighted by Gasteiger charge is -2.21. The molecule has 0 fully saturated rings. The average Bonchev–Trinajstić information content (AvgIpc) is 3.13. The molecule has 0 saturated carbocycles. The van der Waals surface area contributed by atoms with Crippen LogP contribution >= 0.6 is 11.3 Å². The van der Waals surface area contributed by atoms with Gasteiger partial charge in [-0.3, -0.25) is 4.79 Å². The number of carboxylic acid groups (broad SMARTS) is 1. The van der Waals surface area contributed by atoms with E-state index in [0.29, 0.717) is 5.69 Å². The molecule has 1 atom stereocenters. The van der Waals surface area contributed by atoms with Gasteiger partial charge in [-0.25, -0.2) is 9.78 Å². The second-order valence-electron chi connectivity index (χ2n) is 6.67. The minimum Gasteiger partial charge on any atom is -0.480 e. The van der Waals surface area contributed by atoms with Gasteiger partial charge in [0.15, 0.2) is 0 Å². The summed E-state index contributed by atoms with van der Waals surface area (Å²) in [7, 11) is 0. The minimum atomic E-state index is -1.09. The molecular weight excluding hydrogens is 342 g/mol. The Kier molecular flexibility index (Phi) is 5.97. The van der Waals surface area contributed by atoms with Gasteiger partial charge < -0.3 is 20.1 Å². The lowest BCUT2D eigenvalue weighted by atomic mass is 10.1. The van der Waals surface area contributed by atoms with Crippen LogP contribution in [-0.4, -0.2) is 45.2 Å². The first-order valence-electron chi connectivity index (χ1n) is 7.94. The van der Waals surface area contributed by atoms with Crippen molar-refractivity contribution in [2.24, 2.45) is 0 Å². The maximum Gasteiger partial charge on any atom is 0.326 e. The zero-order chi connectivity index (χ0) is 18.6. The summed E-state index contributed by atoms with van der Waals surface area (Å²) in [5, 5.41) is 14.7. The number of H-pyrrole nitrogens is 1. The molecular formula is C17H23N3O4S. The van der Waals surface area contributed by atoms with Crippen LogP contribution < -0.4 is 5.32 Å². The molecule has 0 radical (unpaired) electrons. The number of nitrogens with zero attached hydrogens (tertiary/aromatic N) is 1. The Balaban J connectivity index is 1.99. The van der Waals surface area contributed by atoms with E-state index < -0.39 is 17.9 Å². The number of carboxylic acids is 1. The van der Waals surface area contributed by atoms with E-state index in [-0.39, 0.29) is 18.6 Å². The highest BCUT2D eigenvalue weighted by Crippen LogP contribution is 2.22. The number of aryl methyl sites for hydroxylation is 1. The SMILES string of the molecule is Cc1nc(-c2c[nH]c(C(=O)NC(CCOC(C)(C)C)C(=O)O)c2)cs1. The largest absolute Gasteiger partial charge is 0.480 e. The van der Waals surface area contributed by atoms with Gasteiger partial charge in [0.25, 0.3) is 5.91 Å². The summed E-state index contributed by atoms with van der Waals surface area (Å²) in [6.45, 7) is 7.83. The molecule has 1 amide bonds. The molecule has 2 heterocycles. The van der Waals surface area contributed by atoms with Gasteiger partial charge in [0.2, 0.25) is 0 Å². The molecule has 2 rings (SSSR count). The van der Waals surface area contributed by atoms with Gasteiger partial charge in [0, 0.05) is 30.2 Å². The van der Waals surface area contributed by atoms with E-state index >= 15 is 0 Å². The third kappa shape index (κ3) is 5.68. The molecule has 0 aliphatic carbocycles. The summed E-state index contributed by atoms with van der Waals surface area (Å²) < 4.78 is 5.53. The van der Waals surface area contributed by atoms with Crippen molar-refractivity contribution in [1.29, 1.82) is 0 Å². The zero-order valence-corrected chi connectivity index (χ0v) is 15.6. The second-order valence-corrected chi connectivity index (χ2v) is 7.73. The quantitative estimate of drug-likeness (QED) is 0.700. The zero-order valence-electron chi connectivity index (χ0n) is 14.8. The Morgan fingerprint density at radius 2 is 2.16 bits per heavy atom. The third-order valence-corrected chi connectivity index (χ3v) is 4.16. The number of aliphatic carboxylic acids is 1. The van der Waals surface area contributed by atoms with E-state index in [0.717, 1.165) is 16.3 Å². The number of carbonyl (C=O) groups excluding carboxylic acids is 1. The molecule has 2 aromatic heterocycles. The first-order valence-corrected chi connectivity index (χ1v) is 8.82. The van der Waals surface area contributed by atoms with Crippen LogP contribution in [-0.2, 0) is 9.53 Å². The van der Waals surface area contributed by atoms with Crippen molar-refractivity contribution in [3.63, 3.8) is 0 Å². The number of aromatic nitrogens is 2. The van der Waals surface area contributed by atoms with Crippen molar-refractivity contribution in [3.8, 4) is 11.3 Å². The fraction of sp³-hybridized carbons (Fsp3) is 0.471. The maximum atomic E-state index is 12.3. The van der Waals surface area contributed by atoms with Crippen molar-refractivity contribution < 1.29 is 19.4 Å². The van der Waals surface area contributed by atoms with E-state index in [4.69, 9.17) is 4.74 Å². The van der Waals surface area contributed by atoms with Gasteiger partial charge in [0.1, 0.15) is 11.7 Å². The van der Waals surface area contributed by atoms with Crippen LogP contribution in [0.25, 0.3) is 11.3 Å². The molecule has 0 aromatic carbocycles. The van der Waals surface area contributed by atoms with Gasteiger partial charge in [-0.2, -0.15) is 0 Å². The number of aromatic amines is 1. The molecule has 136 valence electrons. The van der Waals surface area contributed by atoms with E-state index in [1.165, 1.54) is 11.3 Å². The van der Waals surface area contributed by atoms with Crippen LogP contribution in [0, 0.1) is 6.92 Å². The molecule has 0 spiro atoms. The summed E-state index contributed by atoms with van der Waals surface area (Å²) in [6, 6.07) is 0.650. The van der Waals surface area contributed by atoms with Gasteiger partial charge in [-0.15, -0.1) is 11.3 Å². The normalized spacial score (nSPS) is 12.8. The lowest BCUT2D eigenvalue weighted by molar-refractivity contribution is -0.140. The summed E-state index contributed by atoms with van der Waals surface area (Å²) in [4.78, 5) is 30.9. The molecule has 7 nitrogen and oxygen atoms in total. The molecule has 25 heavy (non-hydrogen) atoms. The Hall–Kier alpha value is -2.19. The summed E-state index contributed by atoms with van der Waals surface area (Å²) >= 11 is 1.53. The van der Waals surface area contributed by atoms with E-state index in [9.17, 15) is 14.7 Å². The van der Waals surface area contributed by atoms with E-state index in [2.05, 4.69) is 15.3 Å². The molecule has 2 aromatic rings. The molecule has 0 aliphatic rings. The molecule has 0 saturated heterocycles. The fourth-order valence-electron chi connectivity index (χ4n) is 2.15. The molecule has 0 aliphatic heterocycles. The molecule has 8 heteroatoms. The Morgan fingerprint density at radius 3 is 2.72 bits per heavy atom. The number of hydrogen-bond donors (Lipinski definition) is 3. The standard InChI is InChI=1S/C17H23N3O4S/c1-10-19-14(9-25-10)11-7-13(18-8-11)15(21)20-12(16(22)23)5-6-24-17(2,3)4/h7-9,12,18H,5-6H2,1-4H3,(H,20,21)(H,22,23). The van der Waals surface area contributed by atoms with Gasteiger partial charge in [-0.05, 0) is 33.8 Å². The van der Waals surface area contributed by atoms with Crippen LogP contribution in [0.1, 0.15) is 42.7 Å². The van der Waals surface area contributed by atoms with Crippen molar-refractivity contribution in [2.45, 2.75) is 45.8 Å². The first kappa shape index (κ1) is 19.1. The van der Waals surface area contributed by atoms with Crippen molar-refractivity contribution in [2.75, 3.05) is 6.61 Å². The highest BCUT2D eigenvalue weighted by atomic mass is 32.1. The van der Waals surface area contributed by atoms with Crippen LogP contribution in [0.3, 0.4) is 0 Å². The smallest absolute Gasteiger partial charge is 0.326 e. The Labute approximate surface area is 150 Å². The van der Waals surface area contributed by atoms with Crippen molar-refractivity contribution >= 4 is 23.2 Å². The number of thiazole rings is 1. The molecule has 1 unspecified atom stereocenters. The molecule has 3 N–H and O–H groups in total. The number of rotatable bonds is 7. The minimum absolute atomic E-state index is 0.192. The van der Waals surface area contributed by atoms with Crippen molar-refractivity contribution in [1.82, 2.24) is 15.3 Å². The van der Waals surface area contributed by atoms with Gasteiger partial charge >= 0.3 is 5.97 Å². The van der Waals surface area contributed by atoms with Crippen LogP contribution in [0.4, 0.5) is 0 Å². The number of hydrogen-bond acceptors (Lipinski definition) is 5. The van der Waals surface area contributed by atoms with Crippen LogP contribution in [0.5, 0.6) is 0 Å². The average molecular weight is 365 g/mol. The van der Waals surface area contributed by atoms with Gasteiger partial charge in [0.05, 0.1) is 16.3 Å². The second kappa shape index (κ2) is 7.79. The summed E-state index contributed by atoms with van der Waals surface area (Å²) in [5.74, 6) is -1.56. The molecule has 0 bridgehead atoms. The third-order valence-electron chi connectivity index (χ3n) is 3.39. The number of carbonyl (C=O) groups is 2. The van der Waals surface area contributed by atoms with Gasteiger partial charge in [-0.1, -0.05) is 0 Å².